The summed E-state index contributed by atoms with van der Waals surface area (Å²) in [7, 11) is 0. The molecule has 0 unspecified atom stereocenters. The van der Waals surface area contributed by atoms with E-state index in [-0.39, 0.29) is 5.91 Å². The predicted molar refractivity (Wildman–Crippen MR) is 95.6 cm³/mol. The van der Waals surface area contributed by atoms with Gasteiger partial charge >= 0.3 is 0 Å². The molecular weight excluding hydrogens is 316 g/mol. The molecular formula is C19H20N4O2. The monoisotopic (exact) mass is 336 g/mol. The third-order valence-corrected chi connectivity index (χ3v) is 4.65. The number of pyridine rings is 1. The quantitative estimate of drug-likeness (QED) is 0.793. The zero-order chi connectivity index (χ0) is 17.2. The average molecular weight is 336 g/mol. The number of anilines is 1. The van der Waals surface area contributed by atoms with Crippen molar-refractivity contribution in [2.75, 3.05) is 18.0 Å². The highest BCUT2D eigenvalue weighted by atomic mass is 16.5. The van der Waals surface area contributed by atoms with Crippen molar-refractivity contribution in [3.63, 3.8) is 0 Å². The molecule has 3 aromatic rings. The van der Waals surface area contributed by atoms with Crippen molar-refractivity contribution in [3.05, 3.63) is 53.3 Å². The third-order valence-electron chi connectivity index (χ3n) is 4.65. The number of benzene rings is 1. The first-order chi connectivity index (χ1) is 12.2. The molecule has 4 rings (SSSR count). The number of aryl methyl sites for hydroxylation is 1. The van der Waals surface area contributed by atoms with E-state index in [4.69, 9.17) is 4.52 Å². The second-order valence-electron chi connectivity index (χ2n) is 6.35. The first kappa shape index (κ1) is 15.6. The molecule has 1 aliphatic heterocycles. The molecule has 0 atom stereocenters. The van der Waals surface area contributed by atoms with Crippen LogP contribution in [0.5, 0.6) is 0 Å². The molecule has 25 heavy (non-hydrogen) atoms. The number of fused-ring (bicyclic) bond motifs is 1. The number of amides is 1. The summed E-state index contributed by atoms with van der Waals surface area (Å²) in [6.07, 6.45) is 3.98. The van der Waals surface area contributed by atoms with Gasteiger partial charge in [0, 0.05) is 31.5 Å². The number of aromatic nitrogens is 2. The van der Waals surface area contributed by atoms with Crippen LogP contribution in [0.1, 0.15) is 34.5 Å². The van der Waals surface area contributed by atoms with Gasteiger partial charge in [-0.3, -0.25) is 4.79 Å². The van der Waals surface area contributed by atoms with Crippen molar-refractivity contribution in [1.29, 1.82) is 0 Å². The Morgan fingerprint density at radius 2 is 2.08 bits per heavy atom. The molecule has 128 valence electrons. The van der Waals surface area contributed by atoms with E-state index in [0.717, 1.165) is 29.7 Å². The van der Waals surface area contributed by atoms with Crippen molar-refractivity contribution < 1.29 is 9.32 Å². The Morgan fingerprint density at radius 1 is 1.28 bits per heavy atom. The number of hydrogen-bond donors (Lipinski definition) is 1. The summed E-state index contributed by atoms with van der Waals surface area (Å²) in [5.41, 5.74) is 4.04. The first-order valence-electron chi connectivity index (χ1n) is 8.55. The Morgan fingerprint density at radius 3 is 2.92 bits per heavy atom. The lowest BCUT2D eigenvalue weighted by Gasteiger charge is -2.21. The second-order valence-corrected chi connectivity index (χ2v) is 6.35. The van der Waals surface area contributed by atoms with Gasteiger partial charge in [-0.2, -0.15) is 0 Å². The van der Waals surface area contributed by atoms with Crippen LogP contribution in [0.2, 0.25) is 0 Å². The zero-order valence-corrected chi connectivity index (χ0v) is 14.2. The van der Waals surface area contributed by atoms with E-state index in [1.807, 2.05) is 19.1 Å². The van der Waals surface area contributed by atoms with E-state index in [1.54, 1.807) is 6.07 Å². The van der Waals surface area contributed by atoms with Crippen LogP contribution in [-0.4, -0.2) is 29.1 Å². The van der Waals surface area contributed by atoms with Crippen LogP contribution in [0, 0.1) is 6.92 Å². The lowest BCUT2D eigenvalue weighted by atomic mass is 10.1. The van der Waals surface area contributed by atoms with E-state index >= 15 is 0 Å². The fraction of sp³-hybridized carbons (Fsp3) is 0.316. The largest absolute Gasteiger partial charge is 0.371 e. The number of para-hydroxylation sites is 1. The molecule has 0 spiro atoms. The maximum absolute atomic E-state index is 12.5. The van der Waals surface area contributed by atoms with Gasteiger partial charge in [-0.1, -0.05) is 23.4 Å². The highest BCUT2D eigenvalue weighted by Crippen LogP contribution is 2.24. The summed E-state index contributed by atoms with van der Waals surface area (Å²) in [5.74, 6) is -0.147. The van der Waals surface area contributed by atoms with E-state index in [9.17, 15) is 4.79 Å². The number of rotatable bonds is 4. The van der Waals surface area contributed by atoms with Crippen molar-refractivity contribution in [2.24, 2.45) is 0 Å². The molecule has 2 aromatic heterocycles. The van der Waals surface area contributed by atoms with Crippen molar-refractivity contribution >= 4 is 22.7 Å². The normalized spacial score (nSPS) is 14.2. The summed E-state index contributed by atoms with van der Waals surface area (Å²) in [6, 6.07) is 10.0. The molecule has 6 heteroatoms. The molecule has 1 fully saturated rings. The van der Waals surface area contributed by atoms with Crippen LogP contribution in [0.25, 0.3) is 11.1 Å². The summed E-state index contributed by atoms with van der Waals surface area (Å²) in [4.78, 5) is 19.1. The topological polar surface area (TPSA) is 71.3 Å². The van der Waals surface area contributed by atoms with Crippen LogP contribution >= 0.6 is 0 Å². The Hall–Kier alpha value is -2.89. The minimum absolute atomic E-state index is 0.147. The smallest absolute Gasteiger partial charge is 0.257 e. The van der Waals surface area contributed by atoms with Gasteiger partial charge in [0.1, 0.15) is 0 Å². The van der Waals surface area contributed by atoms with Gasteiger partial charge in [-0.05, 0) is 37.5 Å². The Kier molecular flexibility index (Phi) is 4.09. The molecule has 6 nitrogen and oxygen atoms in total. The van der Waals surface area contributed by atoms with E-state index in [1.165, 1.54) is 24.7 Å². The second kappa shape index (κ2) is 6.55. The molecule has 3 heterocycles. The average Bonchev–Trinajstić information content (AvgIpc) is 3.30. The Bertz CT molecular complexity index is 913. The van der Waals surface area contributed by atoms with Gasteiger partial charge in [0.25, 0.3) is 11.6 Å². The summed E-state index contributed by atoms with van der Waals surface area (Å²) in [6.45, 7) is 4.49. The van der Waals surface area contributed by atoms with Crippen LogP contribution in [0.3, 0.4) is 0 Å². The van der Waals surface area contributed by atoms with Crippen molar-refractivity contribution in [1.82, 2.24) is 15.5 Å². The molecule has 1 amide bonds. The van der Waals surface area contributed by atoms with Gasteiger partial charge in [-0.25, -0.2) is 4.98 Å². The molecule has 1 aliphatic rings. The third kappa shape index (κ3) is 3.07. The van der Waals surface area contributed by atoms with E-state index in [0.29, 0.717) is 17.8 Å². The summed E-state index contributed by atoms with van der Waals surface area (Å²) < 4.78 is 5.09. The van der Waals surface area contributed by atoms with Crippen molar-refractivity contribution in [2.45, 2.75) is 26.3 Å². The Balaban J connectivity index is 1.50. The molecule has 1 N–H and O–H groups in total. The number of carbonyl (C=O) groups is 1. The fourth-order valence-electron chi connectivity index (χ4n) is 3.27. The fourth-order valence-corrected chi connectivity index (χ4v) is 3.27. The van der Waals surface area contributed by atoms with Crippen LogP contribution in [0.15, 0.2) is 41.1 Å². The molecule has 1 aromatic carbocycles. The molecule has 1 saturated heterocycles. The van der Waals surface area contributed by atoms with Gasteiger partial charge < -0.3 is 14.7 Å². The zero-order valence-electron chi connectivity index (χ0n) is 14.2. The minimum Gasteiger partial charge on any atom is -0.371 e. The van der Waals surface area contributed by atoms with E-state index in [2.05, 4.69) is 32.5 Å². The lowest BCUT2D eigenvalue weighted by Crippen LogP contribution is -2.25. The van der Waals surface area contributed by atoms with Crippen LogP contribution in [0.4, 0.5) is 5.69 Å². The molecule has 0 saturated carbocycles. The number of carbonyl (C=O) groups excluding carboxylic acids is 1. The van der Waals surface area contributed by atoms with Gasteiger partial charge in [-0.15, -0.1) is 0 Å². The van der Waals surface area contributed by atoms with Crippen molar-refractivity contribution in [3.8, 4) is 0 Å². The van der Waals surface area contributed by atoms with Gasteiger partial charge in [0.2, 0.25) is 0 Å². The highest BCUT2D eigenvalue weighted by molar-refractivity contribution is 5.97. The van der Waals surface area contributed by atoms with Crippen LogP contribution < -0.4 is 10.2 Å². The maximum atomic E-state index is 12.5. The maximum Gasteiger partial charge on any atom is 0.257 e. The first-order valence-corrected chi connectivity index (χ1v) is 8.55. The van der Waals surface area contributed by atoms with E-state index < -0.39 is 0 Å². The summed E-state index contributed by atoms with van der Waals surface area (Å²) in [5, 5.41) is 7.64. The SMILES string of the molecule is Cc1noc2ncc(C(=O)NCc3ccccc3N3CCCC3)cc12. The highest BCUT2D eigenvalue weighted by Gasteiger charge is 2.16. The number of nitrogens with zero attached hydrogens (tertiary/aromatic N) is 3. The number of hydrogen-bond acceptors (Lipinski definition) is 5. The van der Waals surface area contributed by atoms with Gasteiger partial charge in [0.05, 0.1) is 16.6 Å². The predicted octanol–water partition coefficient (Wildman–Crippen LogP) is 3.06. The Labute approximate surface area is 145 Å². The number of nitrogens with one attached hydrogen (secondary N) is 1. The molecule has 0 aliphatic carbocycles. The van der Waals surface area contributed by atoms with Crippen LogP contribution in [-0.2, 0) is 6.54 Å². The summed E-state index contributed by atoms with van der Waals surface area (Å²) >= 11 is 0. The van der Waals surface area contributed by atoms with Gasteiger partial charge in [0.15, 0.2) is 0 Å². The molecule has 0 bridgehead atoms. The lowest BCUT2D eigenvalue weighted by molar-refractivity contribution is 0.0951. The minimum atomic E-state index is -0.147. The molecule has 0 radical (unpaired) electrons. The standard InChI is InChI=1S/C19H20N4O2/c1-13-16-10-15(12-21-19(16)25-22-13)18(24)20-11-14-6-2-3-7-17(14)23-8-4-5-9-23/h2-3,6-7,10,12H,4-5,8-9,11H2,1H3,(H,20,24).